The summed E-state index contributed by atoms with van der Waals surface area (Å²) >= 11 is 1.76. The standard InChI is InChI=1S/C14H19N3OS/c1-18-10-13-7-16(6-12-2-5-19-11-12)9-14-15-3-4-17(14)8-13/h2-5,11,13H,6-10H2,1H3/t13-/m0/s1. The molecule has 1 aliphatic rings. The smallest absolute Gasteiger partial charge is 0.122 e. The molecule has 102 valence electrons. The summed E-state index contributed by atoms with van der Waals surface area (Å²) in [6.07, 6.45) is 3.97. The number of rotatable bonds is 4. The Morgan fingerprint density at radius 1 is 1.47 bits per heavy atom. The zero-order valence-electron chi connectivity index (χ0n) is 11.2. The normalized spacial score (nSPS) is 20.2. The number of methoxy groups -OCH3 is 1. The van der Waals surface area contributed by atoms with Crippen LogP contribution in [0.4, 0.5) is 0 Å². The molecule has 19 heavy (non-hydrogen) atoms. The average molecular weight is 277 g/mol. The molecular formula is C14H19N3OS. The quantitative estimate of drug-likeness (QED) is 0.858. The van der Waals surface area contributed by atoms with Gasteiger partial charge in [-0.3, -0.25) is 4.90 Å². The molecule has 0 saturated carbocycles. The van der Waals surface area contributed by atoms with E-state index in [1.807, 2.05) is 6.20 Å². The van der Waals surface area contributed by atoms with Crippen molar-refractivity contribution in [2.45, 2.75) is 19.6 Å². The van der Waals surface area contributed by atoms with E-state index >= 15 is 0 Å². The first-order valence-electron chi connectivity index (χ1n) is 6.57. The Morgan fingerprint density at radius 2 is 2.42 bits per heavy atom. The second kappa shape index (κ2) is 5.86. The summed E-state index contributed by atoms with van der Waals surface area (Å²) in [5.41, 5.74) is 1.39. The van der Waals surface area contributed by atoms with Crippen LogP contribution in [0.15, 0.2) is 29.2 Å². The molecule has 3 heterocycles. The molecular weight excluding hydrogens is 258 g/mol. The first-order chi connectivity index (χ1) is 9.35. The molecule has 0 radical (unpaired) electrons. The lowest BCUT2D eigenvalue weighted by atomic mass is 10.1. The second-order valence-electron chi connectivity index (χ2n) is 5.12. The van der Waals surface area contributed by atoms with E-state index in [9.17, 15) is 0 Å². The van der Waals surface area contributed by atoms with Crippen molar-refractivity contribution in [3.63, 3.8) is 0 Å². The van der Waals surface area contributed by atoms with Crippen molar-refractivity contribution < 1.29 is 4.74 Å². The van der Waals surface area contributed by atoms with Gasteiger partial charge in [-0.1, -0.05) is 0 Å². The molecule has 0 spiro atoms. The molecule has 0 fully saturated rings. The Balaban J connectivity index is 1.76. The Labute approximate surface area is 117 Å². The maximum absolute atomic E-state index is 5.35. The summed E-state index contributed by atoms with van der Waals surface area (Å²) in [7, 11) is 1.78. The molecule has 1 aliphatic heterocycles. The summed E-state index contributed by atoms with van der Waals surface area (Å²) in [4.78, 5) is 6.94. The van der Waals surface area contributed by atoms with Crippen LogP contribution in [-0.4, -0.2) is 34.7 Å². The largest absolute Gasteiger partial charge is 0.384 e. The third kappa shape index (κ3) is 3.05. The van der Waals surface area contributed by atoms with Gasteiger partial charge in [-0.2, -0.15) is 11.3 Å². The Morgan fingerprint density at radius 3 is 3.21 bits per heavy atom. The maximum atomic E-state index is 5.35. The molecule has 5 heteroatoms. The molecule has 1 atom stereocenters. The van der Waals surface area contributed by atoms with E-state index in [0.29, 0.717) is 5.92 Å². The van der Waals surface area contributed by atoms with Crippen molar-refractivity contribution in [2.75, 3.05) is 20.3 Å². The van der Waals surface area contributed by atoms with Gasteiger partial charge in [-0.15, -0.1) is 0 Å². The number of imidazole rings is 1. The second-order valence-corrected chi connectivity index (χ2v) is 5.90. The Kier molecular flexibility index (Phi) is 3.96. The van der Waals surface area contributed by atoms with Crippen molar-refractivity contribution in [1.29, 1.82) is 0 Å². The molecule has 0 aliphatic carbocycles. The Hall–Kier alpha value is -1.17. The van der Waals surface area contributed by atoms with Gasteiger partial charge in [0.15, 0.2) is 0 Å². The highest BCUT2D eigenvalue weighted by Gasteiger charge is 2.22. The summed E-state index contributed by atoms with van der Waals surface area (Å²) in [5, 5.41) is 4.36. The van der Waals surface area contributed by atoms with Crippen molar-refractivity contribution >= 4 is 11.3 Å². The summed E-state index contributed by atoms with van der Waals surface area (Å²) < 4.78 is 7.61. The van der Waals surface area contributed by atoms with Crippen LogP contribution in [-0.2, 0) is 24.4 Å². The number of hydrogen-bond donors (Lipinski definition) is 0. The maximum Gasteiger partial charge on any atom is 0.122 e. The highest BCUT2D eigenvalue weighted by atomic mass is 32.1. The highest BCUT2D eigenvalue weighted by molar-refractivity contribution is 7.07. The van der Waals surface area contributed by atoms with Gasteiger partial charge < -0.3 is 9.30 Å². The molecule has 2 aromatic rings. The van der Waals surface area contributed by atoms with Crippen LogP contribution in [0.5, 0.6) is 0 Å². The lowest BCUT2D eigenvalue weighted by Crippen LogP contribution is -2.29. The van der Waals surface area contributed by atoms with Gasteiger partial charge in [-0.25, -0.2) is 4.98 Å². The van der Waals surface area contributed by atoms with E-state index in [-0.39, 0.29) is 0 Å². The fraction of sp³-hybridized carbons (Fsp3) is 0.500. The molecule has 0 saturated heterocycles. The zero-order chi connectivity index (χ0) is 13.1. The van der Waals surface area contributed by atoms with Crippen LogP contribution in [0.2, 0.25) is 0 Å². The summed E-state index contributed by atoms with van der Waals surface area (Å²) in [6.45, 7) is 4.79. The van der Waals surface area contributed by atoms with Gasteiger partial charge in [0, 0.05) is 45.1 Å². The van der Waals surface area contributed by atoms with Gasteiger partial charge in [0.1, 0.15) is 5.82 Å². The number of thiophene rings is 1. The first kappa shape index (κ1) is 12.8. The predicted molar refractivity (Wildman–Crippen MR) is 76.0 cm³/mol. The van der Waals surface area contributed by atoms with Crippen molar-refractivity contribution in [3.05, 3.63) is 40.6 Å². The highest BCUT2D eigenvalue weighted by Crippen LogP contribution is 2.18. The lowest BCUT2D eigenvalue weighted by Gasteiger charge is -2.22. The van der Waals surface area contributed by atoms with Crippen molar-refractivity contribution in [1.82, 2.24) is 14.5 Å². The van der Waals surface area contributed by atoms with E-state index < -0.39 is 0 Å². The summed E-state index contributed by atoms with van der Waals surface area (Å²) in [6, 6.07) is 2.20. The predicted octanol–water partition coefficient (Wildman–Crippen LogP) is 2.22. The molecule has 0 N–H and O–H groups in total. The molecule has 0 bridgehead atoms. The van der Waals surface area contributed by atoms with Gasteiger partial charge in [0.25, 0.3) is 0 Å². The minimum atomic E-state index is 0.527. The molecule has 4 nitrogen and oxygen atoms in total. The molecule has 0 amide bonds. The van der Waals surface area contributed by atoms with Crippen LogP contribution in [0.25, 0.3) is 0 Å². The Bertz CT molecular complexity index is 509. The fourth-order valence-electron chi connectivity index (χ4n) is 2.73. The van der Waals surface area contributed by atoms with Crippen LogP contribution in [0.1, 0.15) is 11.4 Å². The minimum Gasteiger partial charge on any atom is -0.384 e. The lowest BCUT2D eigenvalue weighted by molar-refractivity contribution is 0.115. The number of nitrogens with zero attached hydrogens (tertiary/aromatic N) is 3. The van der Waals surface area contributed by atoms with Crippen LogP contribution in [0, 0.1) is 5.92 Å². The van der Waals surface area contributed by atoms with E-state index in [1.54, 1.807) is 18.4 Å². The van der Waals surface area contributed by atoms with Crippen LogP contribution < -0.4 is 0 Å². The zero-order valence-corrected chi connectivity index (χ0v) is 12.0. The van der Waals surface area contributed by atoms with E-state index in [4.69, 9.17) is 4.74 Å². The molecule has 2 aromatic heterocycles. The molecule has 0 unspecified atom stereocenters. The van der Waals surface area contributed by atoms with Gasteiger partial charge in [-0.05, 0) is 22.4 Å². The average Bonchev–Trinajstić information content (AvgIpc) is 3.00. The van der Waals surface area contributed by atoms with Gasteiger partial charge in [0.2, 0.25) is 0 Å². The van der Waals surface area contributed by atoms with Crippen LogP contribution >= 0.6 is 11.3 Å². The SMILES string of the molecule is COC[C@H]1CN(Cc2ccsc2)Cc2nccn2C1. The number of ether oxygens (including phenoxy) is 1. The minimum absolute atomic E-state index is 0.527. The van der Waals surface area contributed by atoms with E-state index in [1.165, 1.54) is 5.56 Å². The number of aromatic nitrogens is 2. The monoisotopic (exact) mass is 277 g/mol. The van der Waals surface area contributed by atoms with Crippen molar-refractivity contribution in [2.24, 2.45) is 5.92 Å². The van der Waals surface area contributed by atoms with Gasteiger partial charge >= 0.3 is 0 Å². The summed E-state index contributed by atoms with van der Waals surface area (Å²) in [5.74, 6) is 1.69. The topological polar surface area (TPSA) is 30.3 Å². The number of fused-ring (bicyclic) bond motifs is 1. The third-order valence-electron chi connectivity index (χ3n) is 3.53. The fourth-order valence-corrected chi connectivity index (χ4v) is 3.39. The van der Waals surface area contributed by atoms with Crippen LogP contribution in [0.3, 0.4) is 0 Å². The third-order valence-corrected chi connectivity index (χ3v) is 4.26. The first-order valence-corrected chi connectivity index (χ1v) is 7.52. The molecule has 3 rings (SSSR count). The van der Waals surface area contributed by atoms with Crippen molar-refractivity contribution in [3.8, 4) is 0 Å². The molecule has 0 aromatic carbocycles. The van der Waals surface area contributed by atoms with Gasteiger partial charge in [0.05, 0.1) is 13.2 Å². The van der Waals surface area contributed by atoms with E-state index in [0.717, 1.165) is 38.6 Å². The van der Waals surface area contributed by atoms with E-state index in [2.05, 4.69) is 37.5 Å². The number of hydrogen-bond acceptors (Lipinski definition) is 4.